The second-order valence-corrected chi connectivity index (χ2v) is 4.54. The van der Waals surface area contributed by atoms with Gasteiger partial charge in [-0.3, -0.25) is 0 Å². The Balaban J connectivity index is 2.54. The van der Waals surface area contributed by atoms with Gasteiger partial charge in [-0.1, -0.05) is 0 Å². The molecule has 0 aromatic rings. The van der Waals surface area contributed by atoms with Crippen LogP contribution in [0.2, 0.25) is 0 Å². The highest BCUT2D eigenvalue weighted by Gasteiger charge is 2.45. The molecule has 1 N–H and O–H groups in total. The molecule has 0 radical (unpaired) electrons. The van der Waals surface area contributed by atoms with Gasteiger partial charge in [-0.2, -0.15) is 0 Å². The van der Waals surface area contributed by atoms with E-state index in [1.165, 1.54) is 0 Å². The molecule has 0 aliphatic heterocycles. The smallest absolute Gasteiger partial charge is 0.209 e. The molecule has 1 fully saturated rings. The van der Waals surface area contributed by atoms with Gasteiger partial charge in [0, 0.05) is 0 Å². The third kappa shape index (κ3) is 1.91. The van der Waals surface area contributed by atoms with Crippen LogP contribution in [-0.4, -0.2) is 26.9 Å². The molecule has 1 saturated carbocycles. The average Bonchev–Trinajstić information content (AvgIpc) is 2.45. The predicted molar refractivity (Wildman–Crippen MR) is 35.9 cm³/mol. The van der Waals surface area contributed by atoms with Crippen molar-refractivity contribution in [2.24, 2.45) is 0 Å². The summed E-state index contributed by atoms with van der Waals surface area (Å²) in [6.07, 6.45) is 2.29. The molecule has 0 saturated heterocycles. The quantitative estimate of drug-likeness (QED) is 0.645. The lowest BCUT2D eigenvalue weighted by atomic mass is 10.3. The van der Waals surface area contributed by atoms with Crippen molar-refractivity contribution >= 4 is 10.0 Å². The summed E-state index contributed by atoms with van der Waals surface area (Å²) in [7, 11) is -3.22. The maximum atomic E-state index is 12.0. The number of alkyl halides is 1. The summed E-state index contributed by atoms with van der Waals surface area (Å²) < 4.78 is 35.4. The lowest BCUT2D eigenvalue weighted by Gasteiger charge is -2.09. The van der Waals surface area contributed by atoms with E-state index in [1.54, 1.807) is 0 Å². The molecule has 60 valence electrons. The number of hydrogen-bond acceptors (Lipinski definition) is 2. The van der Waals surface area contributed by atoms with Crippen LogP contribution in [0.3, 0.4) is 0 Å². The van der Waals surface area contributed by atoms with E-state index in [0.29, 0.717) is 12.8 Å². The van der Waals surface area contributed by atoms with Crippen molar-refractivity contribution in [2.75, 3.05) is 12.9 Å². The first-order valence-corrected chi connectivity index (χ1v) is 4.92. The van der Waals surface area contributed by atoms with Crippen LogP contribution in [0.4, 0.5) is 4.39 Å². The summed E-state index contributed by atoms with van der Waals surface area (Å²) in [4.78, 5) is 0. The number of hydrogen-bond donors (Lipinski definition) is 1. The molecule has 0 spiro atoms. The van der Waals surface area contributed by atoms with E-state index in [4.69, 9.17) is 0 Å². The number of nitrogens with one attached hydrogen (secondary N) is 1. The van der Waals surface area contributed by atoms with Crippen LogP contribution in [0.1, 0.15) is 12.8 Å². The molecule has 10 heavy (non-hydrogen) atoms. The Hall–Kier alpha value is -0.160. The van der Waals surface area contributed by atoms with E-state index in [0.717, 1.165) is 6.26 Å². The van der Waals surface area contributed by atoms with Crippen LogP contribution in [0.25, 0.3) is 0 Å². The number of halogens is 1. The van der Waals surface area contributed by atoms with E-state index in [1.807, 2.05) is 0 Å². The fourth-order valence-electron chi connectivity index (χ4n) is 0.807. The van der Waals surface area contributed by atoms with E-state index in [9.17, 15) is 12.8 Å². The minimum Gasteiger partial charge on any atom is -0.249 e. The molecule has 0 aromatic carbocycles. The van der Waals surface area contributed by atoms with Gasteiger partial charge in [0.2, 0.25) is 10.0 Å². The second-order valence-electron chi connectivity index (χ2n) is 2.79. The number of rotatable bonds is 3. The Morgan fingerprint density at radius 3 is 2.20 bits per heavy atom. The molecular weight excluding hydrogens is 157 g/mol. The summed E-state index contributed by atoms with van der Waals surface area (Å²) >= 11 is 0. The third-order valence-electron chi connectivity index (χ3n) is 1.51. The van der Waals surface area contributed by atoms with Crippen molar-refractivity contribution in [3.05, 3.63) is 0 Å². The van der Waals surface area contributed by atoms with Gasteiger partial charge in [0.1, 0.15) is 6.67 Å². The monoisotopic (exact) mass is 167 g/mol. The van der Waals surface area contributed by atoms with Gasteiger partial charge < -0.3 is 0 Å². The molecule has 3 nitrogen and oxygen atoms in total. The maximum Gasteiger partial charge on any atom is 0.209 e. The van der Waals surface area contributed by atoms with Crippen molar-refractivity contribution in [1.29, 1.82) is 0 Å². The van der Waals surface area contributed by atoms with Crippen LogP contribution in [-0.2, 0) is 10.0 Å². The Bertz CT molecular complexity index is 220. The lowest BCUT2D eigenvalue weighted by Crippen LogP contribution is -2.37. The standard InChI is InChI=1S/C5H10FNO2S/c1-10(8,9)7-5(4-6)2-3-5/h7H,2-4H2,1H3. The normalized spacial score (nSPS) is 22.6. The van der Waals surface area contributed by atoms with E-state index < -0.39 is 22.2 Å². The van der Waals surface area contributed by atoms with Gasteiger partial charge in [-0.25, -0.2) is 17.5 Å². The van der Waals surface area contributed by atoms with Crippen molar-refractivity contribution in [2.45, 2.75) is 18.4 Å². The van der Waals surface area contributed by atoms with Gasteiger partial charge in [0.05, 0.1) is 11.8 Å². The fraction of sp³-hybridized carbons (Fsp3) is 1.00. The lowest BCUT2D eigenvalue weighted by molar-refractivity contribution is 0.394. The molecule has 0 atom stereocenters. The molecule has 0 unspecified atom stereocenters. The van der Waals surface area contributed by atoms with Crippen LogP contribution < -0.4 is 4.72 Å². The molecule has 0 aromatic heterocycles. The van der Waals surface area contributed by atoms with E-state index in [2.05, 4.69) is 4.72 Å². The van der Waals surface area contributed by atoms with Gasteiger partial charge in [0.15, 0.2) is 0 Å². The van der Waals surface area contributed by atoms with E-state index >= 15 is 0 Å². The summed E-state index contributed by atoms with van der Waals surface area (Å²) in [5, 5.41) is 0. The Morgan fingerprint density at radius 1 is 1.60 bits per heavy atom. The Kier molecular flexibility index (Phi) is 1.72. The molecule has 1 rings (SSSR count). The van der Waals surface area contributed by atoms with Crippen molar-refractivity contribution in [1.82, 2.24) is 4.72 Å². The minimum atomic E-state index is -3.22. The average molecular weight is 167 g/mol. The zero-order valence-electron chi connectivity index (χ0n) is 5.72. The highest BCUT2D eigenvalue weighted by atomic mass is 32.2. The highest BCUT2D eigenvalue weighted by Crippen LogP contribution is 2.36. The first-order valence-electron chi connectivity index (χ1n) is 3.02. The molecule has 1 aliphatic carbocycles. The van der Waals surface area contributed by atoms with Crippen molar-refractivity contribution < 1.29 is 12.8 Å². The number of sulfonamides is 1. The molecule has 0 heterocycles. The van der Waals surface area contributed by atoms with Gasteiger partial charge in [0.25, 0.3) is 0 Å². The SMILES string of the molecule is CS(=O)(=O)NC1(CF)CC1. The zero-order valence-corrected chi connectivity index (χ0v) is 6.54. The fourth-order valence-corrected chi connectivity index (χ4v) is 1.85. The molecule has 0 bridgehead atoms. The van der Waals surface area contributed by atoms with Crippen LogP contribution in [0.15, 0.2) is 0 Å². The predicted octanol–water partition coefficient (Wildman–Crippen LogP) is 0.0377. The van der Waals surface area contributed by atoms with E-state index in [-0.39, 0.29) is 0 Å². The van der Waals surface area contributed by atoms with Crippen molar-refractivity contribution in [3.8, 4) is 0 Å². The highest BCUT2D eigenvalue weighted by molar-refractivity contribution is 7.88. The Morgan fingerprint density at radius 2 is 2.10 bits per heavy atom. The Labute approximate surface area is 59.7 Å². The summed E-state index contributed by atoms with van der Waals surface area (Å²) in [6, 6.07) is 0. The van der Waals surface area contributed by atoms with Crippen LogP contribution in [0, 0.1) is 0 Å². The largest absolute Gasteiger partial charge is 0.249 e. The minimum absolute atomic E-state index is 0.597. The van der Waals surface area contributed by atoms with Crippen LogP contribution in [0.5, 0.6) is 0 Å². The first-order chi connectivity index (χ1) is 4.47. The summed E-state index contributed by atoms with van der Waals surface area (Å²) in [6.45, 7) is -0.597. The molecular formula is C5H10FNO2S. The van der Waals surface area contributed by atoms with Gasteiger partial charge in [-0.15, -0.1) is 0 Å². The van der Waals surface area contributed by atoms with Crippen molar-refractivity contribution in [3.63, 3.8) is 0 Å². The topological polar surface area (TPSA) is 46.2 Å². The van der Waals surface area contributed by atoms with Gasteiger partial charge >= 0.3 is 0 Å². The van der Waals surface area contributed by atoms with Crippen LogP contribution >= 0.6 is 0 Å². The second kappa shape index (κ2) is 2.17. The molecule has 0 amide bonds. The first kappa shape index (κ1) is 7.94. The summed E-state index contributed by atoms with van der Waals surface area (Å²) in [5.74, 6) is 0. The molecule has 5 heteroatoms. The molecule has 1 aliphatic rings. The third-order valence-corrected chi connectivity index (χ3v) is 2.32. The maximum absolute atomic E-state index is 12.0. The summed E-state index contributed by atoms with van der Waals surface area (Å²) in [5.41, 5.74) is -0.729. The van der Waals surface area contributed by atoms with Gasteiger partial charge in [-0.05, 0) is 12.8 Å². The zero-order chi connectivity index (χ0) is 7.83.